The third-order valence-corrected chi connectivity index (χ3v) is 3.47. The maximum Gasteiger partial charge on any atom is 0.220 e. The van der Waals surface area contributed by atoms with Crippen LogP contribution >= 0.6 is 11.3 Å². The molecule has 0 bridgehead atoms. The van der Waals surface area contributed by atoms with Gasteiger partial charge in [-0.25, -0.2) is 4.98 Å². The number of aromatic nitrogens is 1. The summed E-state index contributed by atoms with van der Waals surface area (Å²) in [6.45, 7) is 0.458. The van der Waals surface area contributed by atoms with Crippen molar-refractivity contribution in [1.29, 1.82) is 0 Å². The topological polar surface area (TPSA) is 68.0 Å². The molecule has 19 heavy (non-hydrogen) atoms. The van der Waals surface area contributed by atoms with E-state index in [-0.39, 0.29) is 11.9 Å². The van der Waals surface area contributed by atoms with Crippen molar-refractivity contribution in [2.75, 3.05) is 6.54 Å². The van der Waals surface area contributed by atoms with Gasteiger partial charge in [-0.2, -0.15) is 0 Å². The standard InChI is InChI=1S/C14H17N3OS/c15-13(11-4-2-1-3-5-11)8-16-14(18)7-6-12-9-19-10-17-12/h1-5,9-10,13H,6-8,15H2,(H,16,18). The quantitative estimate of drug-likeness (QED) is 0.846. The summed E-state index contributed by atoms with van der Waals surface area (Å²) < 4.78 is 0. The van der Waals surface area contributed by atoms with Crippen molar-refractivity contribution >= 4 is 17.2 Å². The summed E-state index contributed by atoms with van der Waals surface area (Å²) in [7, 11) is 0. The fourth-order valence-electron chi connectivity index (χ4n) is 1.73. The first-order valence-corrected chi connectivity index (χ1v) is 7.14. The van der Waals surface area contributed by atoms with Crippen LogP contribution in [-0.2, 0) is 11.2 Å². The molecule has 0 aliphatic heterocycles. The highest BCUT2D eigenvalue weighted by Gasteiger charge is 2.08. The zero-order valence-corrected chi connectivity index (χ0v) is 11.4. The molecular formula is C14H17N3OS. The van der Waals surface area contributed by atoms with Crippen LogP contribution in [0.4, 0.5) is 0 Å². The van der Waals surface area contributed by atoms with Crippen molar-refractivity contribution in [3.63, 3.8) is 0 Å². The normalized spacial score (nSPS) is 12.1. The summed E-state index contributed by atoms with van der Waals surface area (Å²) in [4.78, 5) is 15.8. The van der Waals surface area contributed by atoms with Crippen molar-refractivity contribution in [3.05, 3.63) is 52.5 Å². The third-order valence-electron chi connectivity index (χ3n) is 2.84. The first kappa shape index (κ1) is 13.7. The van der Waals surface area contributed by atoms with Gasteiger partial charge >= 0.3 is 0 Å². The SMILES string of the molecule is NC(CNC(=O)CCc1cscn1)c1ccccc1. The van der Waals surface area contributed by atoms with Crippen LogP contribution in [0.15, 0.2) is 41.2 Å². The number of thiazole rings is 1. The molecule has 0 spiro atoms. The molecule has 1 atom stereocenters. The van der Waals surface area contributed by atoms with Crippen molar-refractivity contribution in [2.24, 2.45) is 5.73 Å². The Balaban J connectivity index is 1.71. The molecule has 0 saturated heterocycles. The van der Waals surface area contributed by atoms with E-state index in [4.69, 9.17) is 5.73 Å². The molecule has 0 aliphatic carbocycles. The first-order chi connectivity index (χ1) is 9.25. The van der Waals surface area contributed by atoms with Gasteiger partial charge in [0.25, 0.3) is 0 Å². The van der Waals surface area contributed by atoms with Gasteiger partial charge in [0, 0.05) is 24.4 Å². The van der Waals surface area contributed by atoms with Gasteiger partial charge in [0.1, 0.15) is 0 Å². The maximum atomic E-state index is 11.7. The van der Waals surface area contributed by atoms with E-state index in [0.29, 0.717) is 19.4 Å². The van der Waals surface area contributed by atoms with Crippen LogP contribution < -0.4 is 11.1 Å². The van der Waals surface area contributed by atoms with Crippen LogP contribution in [0.2, 0.25) is 0 Å². The molecule has 1 heterocycles. The number of carbonyl (C=O) groups is 1. The van der Waals surface area contributed by atoms with Crippen molar-refractivity contribution in [2.45, 2.75) is 18.9 Å². The summed E-state index contributed by atoms with van der Waals surface area (Å²) in [5.41, 5.74) is 9.78. The number of benzene rings is 1. The average Bonchev–Trinajstić information content (AvgIpc) is 2.96. The fourth-order valence-corrected chi connectivity index (χ4v) is 2.33. The monoisotopic (exact) mass is 275 g/mol. The predicted octanol–water partition coefficient (Wildman–Crippen LogP) is 1.89. The lowest BCUT2D eigenvalue weighted by molar-refractivity contribution is -0.121. The molecule has 2 rings (SSSR count). The summed E-state index contributed by atoms with van der Waals surface area (Å²) in [5.74, 6) is 0.0133. The number of carbonyl (C=O) groups excluding carboxylic acids is 1. The number of rotatable bonds is 6. The van der Waals surface area contributed by atoms with Gasteiger partial charge in [-0.15, -0.1) is 11.3 Å². The highest BCUT2D eigenvalue weighted by molar-refractivity contribution is 7.07. The Kier molecular flexibility index (Phi) is 5.06. The van der Waals surface area contributed by atoms with E-state index in [1.54, 1.807) is 16.8 Å². The van der Waals surface area contributed by atoms with Gasteiger partial charge in [-0.05, 0) is 12.0 Å². The molecule has 1 aromatic heterocycles. The molecule has 3 N–H and O–H groups in total. The molecule has 0 aliphatic rings. The average molecular weight is 275 g/mol. The highest BCUT2D eigenvalue weighted by atomic mass is 32.1. The minimum Gasteiger partial charge on any atom is -0.354 e. The lowest BCUT2D eigenvalue weighted by atomic mass is 10.1. The predicted molar refractivity (Wildman–Crippen MR) is 76.8 cm³/mol. The Hall–Kier alpha value is -1.72. The van der Waals surface area contributed by atoms with Gasteiger partial charge in [0.2, 0.25) is 5.91 Å². The molecule has 1 amide bonds. The molecule has 0 fully saturated rings. The fraction of sp³-hybridized carbons (Fsp3) is 0.286. The zero-order valence-electron chi connectivity index (χ0n) is 10.6. The van der Waals surface area contributed by atoms with Gasteiger partial charge in [0.05, 0.1) is 11.2 Å². The molecule has 1 unspecified atom stereocenters. The van der Waals surface area contributed by atoms with E-state index in [2.05, 4.69) is 10.3 Å². The zero-order chi connectivity index (χ0) is 13.5. The van der Waals surface area contributed by atoms with Gasteiger partial charge < -0.3 is 11.1 Å². The third kappa shape index (κ3) is 4.46. The first-order valence-electron chi connectivity index (χ1n) is 6.20. The molecule has 4 nitrogen and oxygen atoms in total. The van der Waals surface area contributed by atoms with Crippen LogP contribution in [0.5, 0.6) is 0 Å². The Bertz CT molecular complexity index is 499. The van der Waals surface area contributed by atoms with Crippen molar-refractivity contribution < 1.29 is 4.79 Å². The lowest BCUT2D eigenvalue weighted by Crippen LogP contribution is -2.32. The lowest BCUT2D eigenvalue weighted by Gasteiger charge is -2.12. The smallest absolute Gasteiger partial charge is 0.220 e. The van der Waals surface area contributed by atoms with Crippen LogP contribution in [0.1, 0.15) is 23.7 Å². The number of nitrogens with one attached hydrogen (secondary N) is 1. The number of nitrogens with zero attached hydrogens (tertiary/aromatic N) is 1. The molecule has 0 radical (unpaired) electrons. The minimum absolute atomic E-state index is 0.0133. The second-order valence-corrected chi connectivity index (χ2v) is 5.02. The van der Waals surface area contributed by atoms with E-state index in [0.717, 1.165) is 11.3 Å². The molecule has 1 aromatic carbocycles. The molecule has 5 heteroatoms. The number of amides is 1. The molecule has 0 saturated carbocycles. The van der Waals surface area contributed by atoms with Crippen molar-refractivity contribution in [3.8, 4) is 0 Å². The van der Waals surface area contributed by atoms with E-state index in [9.17, 15) is 4.79 Å². The van der Waals surface area contributed by atoms with E-state index >= 15 is 0 Å². The van der Waals surface area contributed by atoms with Gasteiger partial charge in [-0.3, -0.25) is 4.79 Å². The molecular weight excluding hydrogens is 258 g/mol. The highest BCUT2D eigenvalue weighted by Crippen LogP contribution is 2.08. The number of hydrogen-bond acceptors (Lipinski definition) is 4. The summed E-state index contributed by atoms with van der Waals surface area (Å²) in [5, 5.41) is 4.82. The second kappa shape index (κ2) is 7.01. The Morgan fingerprint density at radius 2 is 2.16 bits per heavy atom. The summed E-state index contributed by atoms with van der Waals surface area (Å²) >= 11 is 1.54. The Morgan fingerprint density at radius 3 is 2.84 bits per heavy atom. The Morgan fingerprint density at radius 1 is 1.37 bits per heavy atom. The molecule has 2 aromatic rings. The Labute approximate surface area is 116 Å². The number of aryl methyl sites for hydroxylation is 1. The number of nitrogens with two attached hydrogens (primary N) is 1. The van der Waals surface area contributed by atoms with E-state index in [1.807, 2.05) is 35.7 Å². The minimum atomic E-state index is -0.163. The van der Waals surface area contributed by atoms with E-state index in [1.165, 1.54) is 0 Å². The maximum absolute atomic E-state index is 11.7. The van der Waals surface area contributed by atoms with Crippen molar-refractivity contribution in [1.82, 2.24) is 10.3 Å². The summed E-state index contributed by atoms with van der Waals surface area (Å²) in [6, 6.07) is 9.60. The summed E-state index contributed by atoms with van der Waals surface area (Å²) in [6.07, 6.45) is 1.13. The number of hydrogen-bond donors (Lipinski definition) is 2. The molecule has 100 valence electrons. The second-order valence-electron chi connectivity index (χ2n) is 4.30. The van der Waals surface area contributed by atoms with Crippen LogP contribution in [0, 0.1) is 0 Å². The van der Waals surface area contributed by atoms with Crippen LogP contribution in [0.25, 0.3) is 0 Å². The van der Waals surface area contributed by atoms with E-state index < -0.39 is 0 Å². The van der Waals surface area contributed by atoms with Gasteiger partial charge in [-0.1, -0.05) is 30.3 Å². The van der Waals surface area contributed by atoms with Crippen LogP contribution in [0.3, 0.4) is 0 Å². The largest absolute Gasteiger partial charge is 0.354 e. The van der Waals surface area contributed by atoms with Crippen LogP contribution in [-0.4, -0.2) is 17.4 Å². The van der Waals surface area contributed by atoms with Gasteiger partial charge in [0.15, 0.2) is 0 Å².